The standard InChI is InChI=1S/C9H18O3/c1-3-5-11-8-9-12-7-4-6-10-2/h3H,1,4-9H2,2H3. The lowest BCUT2D eigenvalue weighted by Crippen LogP contribution is -2.06. The molecular weight excluding hydrogens is 156 g/mol. The zero-order chi connectivity index (χ0) is 9.07. The van der Waals surface area contributed by atoms with Crippen LogP contribution in [-0.2, 0) is 14.2 Å². The molecule has 0 amide bonds. The van der Waals surface area contributed by atoms with Crippen LogP contribution in [0.3, 0.4) is 0 Å². The third-order valence-electron chi connectivity index (χ3n) is 1.24. The van der Waals surface area contributed by atoms with Crippen LogP contribution in [0.1, 0.15) is 6.42 Å². The Morgan fingerprint density at radius 2 is 1.83 bits per heavy atom. The van der Waals surface area contributed by atoms with E-state index in [1.807, 2.05) is 0 Å². The van der Waals surface area contributed by atoms with Crippen LogP contribution >= 0.6 is 0 Å². The van der Waals surface area contributed by atoms with Gasteiger partial charge in [0.05, 0.1) is 19.8 Å². The average Bonchev–Trinajstić information content (AvgIpc) is 2.10. The molecule has 72 valence electrons. The summed E-state index contributed by atoms with van der Waals surface area (Å²) in [5, 5.41) is 0. The van der Waals surface area contributed by atoms with E-state index in [0.717, 1.165) is 19.6 Å². The van der Waals surface area contributed by atoms with Crippen molar-refractivity contribution in [2.75, 3.05) is 40.1 Å². The second kappa shape index (κ2) is 10.6. The van der Waals surface area contributed by atoms with Gasteiger partial charge in [0.25, 0.3) is 0 Å². The third-order valence-corrected chi connectivity index (χ3v) is 1.24. The fourth-order valence-electron chi connectivity index (χ4n) is 0.692. The van der Waals surface area contributed by atoms with Gasteiger partial charge in [0.2, 0.25) is 0 Å². The predicted octanol–water partition coefficient (Wildman–Crippen LogP) is 1.24. The highest BCUT2D eigenvalue weighted by Crippen LogP contribution is 1.84. The van der Waals surface area contributed by atoms with E-state index in [1.165, 1.54) is 0 Å². The van der Waals surface area contributed by atoms with Gasteiger partial charge in [-0.2, -0.15) is 0 Å². The minimum Gasteiger partial charge on any atom is -0.385 e. The van der Waals surface area contributed by atoms with Gasteiger partial charge in [-0.25, -0.2) is 0 Å². The Kier molecular flexibility index (Phi) is 10.3. The molecule has 0 saturated heterocycles. The van der Waals surface area contributed by atoms with Gasteiger partial charge >= 0.3 is 0 Å². The number of hydrogen-bond donors (Lipinski definition) is 0. The Labute approximate surface area is 74.3 Å². The van der Waals surface area contributed by atoms with Gasteiger partial charge in [-0.3, -0.25) is 0 Å². The van der Waals surface area contributed by atoms with Gasteiger partial charge in [0, 0.05) is 20.3 Å². The second-order valence-corrected chi connectivity index (χ2v) is 2.32. The molecule has 0 atom stereocenters. The first-order valence-corrected chi connectivity index (χ1v) is 4.17. The van der Waals surface area contributed by atoms with E-state index in [4.69, 9.17) is 14.2 Å². The molecule has 0 rings (SSSR count). The van der Waals surface area contributed by atoms with Crippen molar-refractivity contribution in [2.45, 2.75) is 6.42 Å². The summed E-state index contributed by atoms with van der Waals surface area (Å²) in [6.07, 6.45) is 2.67. The van der Waals surface area contributed by atoms with Crippen LogP contribution in [0.2, 0.25) is 0 Å². The molecule has 0 bridgehead atoms. The SMILES string of the molecule is C=CCOCCOCCCOC. The van der Waals surface area contributed by atoms with E-state index < -0.39 is 0 Å². The van der Waals surface area contributed by atoms with Crippen LogP contribution in [0.4, 0.5) is 0 Å². The number of rotatable bonds is 9. The Bertz CT molecular complexity index is 93.8. The quantitative estimate of drug-likeness (QED) is 0.389. The van der Waals surface area contributed by atoms with Crippen LogP contribution in [0, 0.1) is 0 Å². The van der Waals surface area contributed by atoms with E-state index in [-0.39, 0.29) is 0 Å². The van der Waals surface area contributed by atoms with Gasteiger partial charge in [0.1, 0.15) is 0 Å². The summed E-state index contributed by atoms with van der Waals surface area (Å²) in [6, 6.07) is 0. The molecule has 3 heteroatoms. The normalized spacial score (nSPS) is 10.1. The molecule has 0 aliphatic carbocycles. The second-order valence-electron chi connectivity index (χ2n) is 2.32. The van der Waals surface area contributed by atoms with Crippen molar-refractivity contribution in [3.8, 4) is 0 Å². The van der Waals surface area contributed by atoms with Crippen molar-refractivity contribution in [3.63, 3.8) is 0 Å². The maximum Gasteiger partial charge on any atom is 0.0704 e. The molecule has 3 nitrogen and oxygen atoms in total. The molecule has 12 heavy (non-hydrogen) atoms. The van der Waals surface area contributed by atoms with Crippen LogP contribution in [0.15, 0.2) is 12.7 Å². The van der Waals surface area contributed by atoms with Gasteiger partial charge in [0.15, 0.2) is 0 Å². The van der Waals surface area contributed by atoms with E-state index >= 15 is 0 Å². The first-order chi connectivity index (χ1) is 5.91. The Balaban J connectivity index is 2.77. The summed E-state index contributed by atoms with van der Waals surface area (Å²) in [7, 11) is 1.69. The zero-order valence-corrected chi connectivity index (χ0v) is 7.75. The lowest BCUT2D eigenvalue weighted by molar-refractivity contribution is 0.0488. The van der Waals surface area contributed by atoms with Crippen molar-refractivity contribution >= 4 is 0 Å². The van der Waals surface area contributed by atoms with Gasteiger partial charge in [-0.1, -0.05) is 6.08 Å². The first kappa shape index (κ1) is 11.6. The number of hydrogen-bond acceptors (Lipinski definition) is 3. The molecular formula is C9H18O3. The Morgan fingerprint density at radius 3 is 2.50 bits per heavy atom. The largest absolute Gasteiger partial charge is 0.385 e. The van der Waals surface area contributed by atoms with Crippen molar-refractivity contribution in [1.29, 1.82) is 0 Å². The highest BCUT2D eigenvalue weighted by Gasteiger charge is 1.88. The van der Waals surface area contributed by atoms with E-state index in [1.54, 1.807) is 13.2 Å². The average molecular weight is 174 g/mol. The summed E-state index contributed by atoms with van der Waals surface area (Å²) < 4.78 is 15.2. The lowest BCUT2D eigenvalue weighted by atomic mass is 10.5. The monoisotopic (exact) mass is 174 g/mol. The van der Waals surface area contributed by atoms with Crippen LogP contribution in [-0.4, -0.2) is 40.1 Å². The van der Waals surface area contributed by atoms with Crippen molar-refractivity contribution in [1.82, 2.24) is 0 Å². The van der Waals surface area contributed by atoms with Crippen LogP contribution in [0.25, 0.3) is 0 Å². The highest BCUT2D eigenvalue weighted by atomic mass is 16.5. The number of ether oxygens (including phenoxy) is 3. The molecule has 0 radical (unpaired) electrons. The summed E-state index contributed by atoms with van der Waals surface area (Å²) in [4.78, 5) is 0. The van der Waals surface area contributed by atoms with Crippen LogP contribution < -0.4 is 0 Å². The minimum atomic E-state index is 0.599. The molecule has 0 fully saturated rings. The highest BCUT2D eigenvalue weighted by molar-refractivity contribution is 4.63. The predicted molar refractivity (Wildman–Crippen MR) is 48.3 cm³/mol. The molecule has 0 spiro atoms. The smallest absolute Gasteiger partial charge is 0.0704 e. The summed E-state index contributed by atoms with van der Waals surface area (Å²) in [5.41, 5.74) is 0. The Hall–Kier alpha value is -0.380. The zero-order valence-electron chi connectivity index (χ0n) is 7.75. The molecule has 0 N–H and O–H groups in total. The van der Waals surface area contributed by atoms with Crippen molar-refractivity contribution in [3.05, 3.63) is 12.7 Å². The molecule has 0 unspecified atom stereocenters. The number of methoxy groups -OCH3 is 1. The fraction of sp³-hybridized carbons (Fsp3) is 0.778. The molecule has 0 aromatic carbocycles. The van der Waals surface area contributed by atoms with E-state index in [9.17, 15) is 0 Å². The van der Waals surface area contributed by atoms with Gasteiger partial charge in [-0.15, -0.1) is 6.58 Å². The summed E-state index contributed by atoms with van der Waals surface area (Å²) in [5.74, 6) is 0. The topological polar surface area (TPSA) is 27.7 Å². The molecule has 0 heterocycles. The third kappa shape index (κ3) is 9.62. The molecule has 0 aromatic heterocycles. The van der Waals surface area contributed by atoms with E-state index in [0.29, 0.717) is 19.8 Å². The lowest BCUT2D eigenvalue weighted by Gasteiger charge is -2.03. The Morgan fingerprint density at radius 1 is 1.08 bits per heavy atom. The van der Waals surface area contributed by atoms with Gasteiger partial charge in [-0.05, 0) is 6.42 Å². The minimum absolute atomic E-state index is 0.599. The summed E-state index contributed by atoms with van der Waals surface area (Å²) >= 11 is 0. The van der Waals surface area contributed by atoms with E-state index in [2.05, 4.69) is 6.58 Å². The maximum atomic E-state index is 5.24. The van der Waals surface area contributed by atoms with Crippen molar-refractivity contribution in [2.24, 2.45) is 0 Å². The molecule has 0 aliphatic heterocycles. The maximum absolute atomic E-state index is 5.24. The molecule has 0 saturated carbocycles. The molecule has 0 aromatic rings. The summed E-state index contributed by atoms with van der Waals surface area (Å²) in [6.45, 7) is 6.92. The van der Waals surface area contributed by atoms with Crippen molar-refractivity contribution < 1.29 is 14.2 Å². The fourth-order valence-corrected chi connectivity index (χ4v) is 0.692. The van der Waals surface area contributed by atoms with Gasteiger partial charge < -0.3 is 14.2 Å². The first-order valence-electron chi connectivity index (χ1n) is 4.17. The van der Waals surface area contributed by atoms with Crippen LogP contribution in [0.5, 0.6) is 0 Å². The molecule has 0 aliphatic rings.